The molecule has 34 heavy (non-hydrogen) atoms. The summed E-state index contributed by atoms with van der Waals surface area (Å²) in [6.45, 7) is 2.90. The predicted molar refractivity (Wildman–Crippen MR) is 114 cm³/mol. The van der Waals surface area contributed by atoms with Crippen molar-refractivity contribution in [3.63, 3.8) is 0 Å². The van der Waals surface area contributed by atoms with Gasteiger partial charge in [0.2, 0.25) is 5.76 Å². The number of methoxy groups -OCH3 is 1. The second-order valence-corrected chi connectivity index (χ2v) is 7.04. The number of furan rings is 1. The summed E-state index contributed by atoms with van der Waals surface area (Å²) in [7, 11) is 1.16. The summed E-state index contributed by atoms with van der Waals surface area (Å²) >= 11 is 0. The van der Waals surface area contributed by atoms with Crippen LogP contribution < -0.4 is 5.32 Å². The minimum atomic E-state index is -1.40. The largest absolute Gasteiger partial charge is 0.463 e. The summed E-state index contributed by atoms with van der Waals surface area (Å²) in [6, 6.07) is 9.55. The van der Waals surface area contributed by atoms with Gasteiger partial charge in [0.05, 0.1) is 7.11 Å². The van der Waals surface area contributed by atoms with Crippen LogP contribution in [0.25, 0.3) is 0 Å². The van der Waals surface area contributed by atoms with Crippen LogP contribution >= 0.6 is 0 Å². The van der Waals surface area contributed by atoms with Crippen LogP contribution in [-0.2, 0) is 33.3 Å². The molecule has 0 bridgehead atoms. The third-order valence-electron chi connectivity index (χ3n) is 4.41. The van der Waals surface area contributed by atoms with E-state index in [-0.39, 0.29) is 17.1 Å². The Morgan fingerprint density at radius 2 is 1.53 bits per heavy atom. The minimum Gasteiger partial charge on any atom is -0.463 e. The van der Waals surface area contributed by atoms with E-state index < -0.39 is 54.6 Å². The third kappa shape index (κ3) is 7.47. The predicted octanol–water partition coefficient (Wildman–Crippen LogP) is 1.96. The minimum absolute atomic E-state index is 0.00379. The Hall–Kier alpha value is -4.15. The molecule has 0 aliphatic carbocycles. The lowest BCUT2D eigenvalue weighted by atomic mass is 10.0. The molecule has 0 aliphatic heterocycles. The highest BCUT2D eigenvalue weighted by Gasteiger charge is 2.39. The quantitative estimate of drug-likeness (QED) is 0.399. The SMILES string of the molecule is COC(=O)c1ccc([C@@H](NC(=O)c2ccccc2)[C@H](OC(C)=O)[C@@H](COC(C)=O)OC(C)=O)o1. The monoisotopic (exact) mass is 475 g/mol. The molecule has 11 nitrogen and oxygen atoms in total. The first-order valence-corrected chi connectivity index (χ1v) is 10.1. The van der Waals surface area contributed by atoms with Gasteiger partial charge in [0, 0.05) is 26.3 Å². The van der Waals surface area contributed by atoms with Gasteiger partial charge < -0.3 is 28.7 Å². The fraction of sp³-hybridized carbons (Fsp3) is 0.348. The van der Waals surface area contributed by atoms with Crippen molar-refractivity contribution in [3.8, 4) is 0 Å². The molecule has 0 radical (unpaired) electrons. The maximum Gasteiger partial charge on any atom is 0.373 e. The van der Waals surface area contributed by atoms with E-state index in [0.29, 0.717) is 0 Å². The first kappa shape index (κ1) is 26.1. The van der Waals surface area contributed by atoms with Crippen molar-refractivity contribution in [1.82, 2.24) is 5.32 Å². The normalized spacial score (nSPS) is 13.1. The Balaban J connectivity index is 2.53. The van der Waals surface area contributed by atoms with Crippen LogP contribution in [0, 0.1) is 0 Å². The molecule has 11 heteroatoms. The van der Waals surface area contributed by atoms with Crippen molar-refractivity contribution in [2.45, 2.75) is 39.0 Å². The molecule has 1 amide bonds. The molecule has 0 spiro atoms. The lowest BCUT2D eigenvalue weighted by Gasteiger charge is -2.31. The number of ether oxygens (including phenoxy) is 4. The summed E-state index contributed by atoms with van der Waals surface area (Å²) in [5.41, 5.74) is 0.276. The summed E-state index contributed by atoms with van der Waals surface area (Å²) in [5, 5.41) is 2.67. The molecule has 0 unspecified atom stereocenters. The Kier molecular flexibility index (Phi) is 9.36. The van der Waals surface area contributed by atoms with Gasteiger partial charge in [-0.1, -0.05) is 18.2 Å². The number of hydrogen-bond donors (Lipinski definition) is 1. The fourth-order valence-electron chi connectivity index (χ4n) is 3.02. The van der Waals surface area contributed by atoms with Crippen LogP contribution in [0.4, 0.5) is 0 Å². The number of benzene rings is 1. The second kappa shape index (κ2) is 12.2. The van der Waals surface area contributed by atoms with Crippen molar-refractivity contribution in [2.75, 3.05) is 13.7 Å². The molecule has 1 aromatic heterocycles. The first-order chi connectivity index (χ1) is 16.1. The lowest BCUT2D eigenvalue weighted by Crippen LogP contribution is -2.48. The number of nitrogens with one attached hydrogen (secondary N) is 1. The van der Waals surface area contributed by atoms with E-state index in [2.05, 4.69) is 10.1 Å². The lowest BCUT2D eigenvalue weighted by molar-refractivity contribution is -0.175. The van der Waals surface area contributed by atoms with E-state index in [1.54, 1.807) is 30.3 Å². The number of rotatable bonds is 10. The van der Waals surface area contributed by atoms with Crippen LogP contribution in [0.3, 0.4) is 0 Å². The molecular weight excluding hydrogens is 450 g/mol. The Morgan fingerprint density at radius 1 is 0.882 bits per heavy atom. The zero-order chi connectivity index (χ0) is 25.3. The zero-order valence-corrected chi connectivity index (χ0v) is 19.1. The molecule has 0 fully saturated rings. The molecule has 3 atom stereocenters. The fourth-order valence-corrected chi connectivity index (χ4v) is 3.02. The summed E-state index contributed by atoms with van der Waals surface area (Å²) in [4.78, 5) is 59.9. The van der Waals surface area contributed by atoms with Crippen LogP contribution in [0.15, 0.2) is 46.9 Å². The Labute approximate surface area is 195 Å². The van der Waals surface area contributed by atoms with Crippen LogP contribution in [-0.4, -0.2) is 55.7 Å². The van der Waals surface area contributed by atoms with Gasteiger partial charge in [-0.25, -0.2) is 4.79 Å². The van der Waals surface area contributed by atoms with Gasteiger partial charge >= 0.3 is 23.9 Å². The van der Waals surface area contributed by atoms with Crippen molar-refractivity contribution in [2.24, 2.45) is 0 Å². The molecule has 1 heterocycles. The smallest absolute Gasteiger partial charge is 0.373 e. The van der Waals surface area contributed by atoms with Crippen LogP contribution in [0.5, 0.6) is 0 Å². The molecule has 2 aromatic rings. The summed E-state index contributed by atoms with van der Waals surface area (Å²) < 4.78 is 25.8. The van der Waals surface area contributed by atoms with Crippen LogP contribution in [0.2, 0.25) is 0 Å². The molecule has 182 valence electrons. The van der Waals surface area contributed by atoms with Gasteiger partial charge in [-0.05, 0) is 24.3 Å². The second-order valence-electron chi connectivity index (χ2n) is 7.04. The summed E-state index contributed by atoms with van der Waals surface area (Å²) in [5.74, 6) is -3.74. The zero-order valence-electron chi connectivity index (χ0n) is 19.1. The molecule has 0 saturated heterocycles. The van der Waals surface area contributed by atoms with Crippen LogP contribution in [0.1, 0.15) is 53.5 Å². The molecule has 2 rings (SSSR count). The van der Waals surface area contributed by atoms with Crippen molar-refractivity contribution < 1.29 is 47.3 Å². The van der Waals surface area contributed by atoms with E-state index in [0.717, 1.165) is 27.9 Å². The molecule has 0 saturated carbocycles. The molecule has 1 N–H and O–H groups in total. The van der Waals surface area contributed by atoms with Gasteiger partial charge in [0.1, 0.15) is 18.4 Å². The van der Waals surface area contributed by atoms with E-state index in [1.807, 2.05) is 0 Å². The summed E-state index contributed by atoms with van der Waals surface area (Å²) in [6.07, 6.45) is -2.72. The first-order valence-electron chi connectivity index (χ1n) is 10.1. The molecule has 1 aromatic carbocycles. The highest BCUT2D eigenvalue weighted by molar-refractivity contribution is 5.94. The molecule has 0 aliphatic rings. The number of carbonyl (C=O) groups is 5. The maximum atomic E-state index is 12.9. The number of carbonyl (C=O) groups excluding carboxylic acids is 5. The third-order valence-corrected chi connectivity index (χ3v) is 4.41. The highest BCUT2D eigenvalue weighted by atomic mass is 16.6. The standard InChI is InChI=1S/C23H25NO10/c1-13(25)31-12-19(32-14(2)26)21(33-15(3)27)20(17-10-11-18(34-17)23(29)30-4)24-22(28)16-8-6-5-7-9-16/h5-11,19-21H,12H2,1-4H3,(H,24,28)/t19-,20-,21-/m1/s1. The Morgan fingerprint density at radius 3 is 2.09 bits per heavy atom. The number of amides is 1. The maximum absolute atomic E-state index is 12.9. The highest BCUT2D eigenvalue weighted by Crippen LogP contribution is 2.27. The number of esters is 4. The Bertz CT molecular complexity index is 1030. The van der Waals surface area contributed by atoms with Crippen molar-refractivity contribution in [1.29, 1.82) is 0 Å². The van der Waals surface area contributed by atoms with Crippen molar-refractivity contribution >= 4 is 29.8 Å². The van der Waals surface area contributed by atoms with Gasteiger partial charge in [0.25, 0.3) is 5.91 Å². The van der Waals surface area contributed by atoms with E-state index in [4.69, 9.17) is 18.6 Å². The van der Waals surface area contributed by atoms with Gasteiger partial charge in [-0.3, -0.25) is 19.2 Å². The van der Waals surface area contributed by atoms with Crippen molar-refractivity contribution in [3.05, 3.63) is 59.5 Å². The van der Waals surface area contributed by atoms with E-state index in [1.165, 1.54) is 12.1 Å². The van der Waals surface area contributed by atoms with Gasteiger partial charge in [-0.2, -0.15) is 0 Å². The van der Waals surface area contributed by atoms with E-state index >= 15 is 0 Å². The average molecular weight is 475 g/mol. The van der Waals surface area contributed by atoms with Gasteiger partial charge in [-0.15, -0.1) is 0 Å². The number of hydrogen-bond acceptors (Lipinski definition) is 10. The topological polar surface area (TPSA) is 147 Å². The average Bonchev–Trinajstić information content (AvgIpc) is 3.28. The van der Waals surface area contributed by atoms with E-state index in [9.17, 15) is 24.0 Å². The van der Waals surface area contributed by atoms with Gasteiger partial charge in [0.15, 0.2) is 12.2 Å². The molecular formula is C23H25NO10.